The molecule has 2 aromatic rings. The number of carboxylic acids is 1. The van der Waals surface area contributed by atoms with E-state index in [9.17, 15) is 24.3 Å². The summed E-state index contributed by atoms with van der Waals surface area (Å²) in [4.78, 5) is 56.0. The first-order valence-corrected chi connectivity index (χ1v) is 11.5. The SMILES string of the molecule is CC(=O)Nc1ncc(C2=C(C(=O)O)N3C(=O)C(N(C(C)=O)c4cccs4)C3SC2)s1. The van der Waals surface area contributed by atoms with Gasteiger partial charge in [0.2, 0.25) is 11.8 Å². The Hall–Kier alpha value is -2.70. The lowest BCUT2D eigenvalue weighted by Gasteiger charge is -2.52. The number of aromatic nitrogens is 1. The fourth-order valence-electron chi connectivity index (χ4n) is 3.41. The van der Waals surface area contributed by atoms with E-state index in [4.69, 9.17) is 0 Å². The molecule has 3 amide bonds. The van der Waals surface area contributed by atoms with Gasteiger partial charge in [-0.15, -0.1) is 23.1 Å². The highest BCUT2D eigenvalue weighted by molar-refractivity contribution is 8.00. The number of nitrogens with one attached hydrogen (secondary N) is 1. The number of carbonyl (C=O) groups is 4. The Labute approximate surface area is 183 Å². The van der Waals surface area contributed by atoms with E-state index in [1.165, 1.54) is 52.9 Å². The zero-order valence-corrected chi connectivity index (χ0v) is 18.3. The van der Waals surface area contributed by atoms with E-state index in [0.29, 0.717) is 26.3 Å². The number of thioether (sulfide) groups is 1. The molecule has 2 unspecified atom stereocenters. The zero-order chi connectivity index (χ0) is 21.6. The Morgan fingerprint density at radius 3 is 2.70 bits per heavy atom. The molecule has 0 aromatic carbocycles. The third kappa shape index (κ3) is 3.40. The first-order chi connectivity index (χ1) is 14.3. The van der Waals surface area contributed by atoms with Crippen molar-refractivity contribution in [3.05, 3.63) is 34.3 Å². The van der Waals surface area contributed by atoms with Gasteiger partial charge >= 0.3 is 5.97 Å². The van der Waals surface area contributed by atoms with Gasteiger partial charge in [-0.1, -0.05) is 11.3 Å². The summed E-state index contributed by atoms with van der Waals surface area (Å²) in [7, 11) is 0. The van der Waals surface area contributed by atoms with Crippen molar-refractivity contribution >= 4 is 73.8 Å². The molecule has 2 aliphatic rings. The van der Waals surface area contributed by atoms with Crippen molar-refractivity contribution in [1.29, 1.82) is 0 Å². The molecule has 12 heteroatoms. The molecule has 2 aliphatic heterocycles. The predicted molar refractivity (Wildman–Crippen MR) is 115 cm³/mol. The fourth-order valence-corrected chi connectivity index (χ4v) is 6.62. The smallest absolute Gasteiger partial charge is 0.353 e. The van der Waals surface area contributed by atoms with Crippen molar-refractivity contribution in [2.45, 2.75) is 25.3 Å². The van der Waals surface area contributed by atoms with Crippen molar-refractivity contribution in [1.82, 2.24) is 9.88 Å². The van der Waals surface area contributed by atoms with Crippen molar-refractivity contribution in [3.63, 3.8) is 0 Å². The molecular weight excluding hydrogens is 448 g/mol. The van der Waals surface area contributed by atoms with Crippen LogP contribution < -0.4 is 10.2 Å². The lowest BCUT2D eigenvalue weighted by molar-refractivity contribution is -0.148. The van der Waals surface area contributed by atoms with Crippen molar-refractivity contribution in [2.24, 2.45) is 0 Å². The van der Waals surface area contributed by atoms with Crippen LogP contribution in [0.25, 0.3) is 5.57 Å². The van der Waals surface area contributed by atoms with Crippen LogP contribution in [0, 0.1) is 0 Å². The van der Waals surface area contributed by atoms with Crippen molar-refractivity contribution in [3.8, 4) is 0 Å². The fraction of sp³-hybridized carbons (Fsp3) is 0.278. The second kappa shape index (κ2) is 7.85. The molecule has 0 saturated carbocycles. The van der Waals surface area contributed by atoms with Gasteiger partial charge in [0, 0.05) is 31.4 Å². The number of β-lactam (4-membered cyclic amide) rings is 1. The summed E-state index contributed by atoms with van der Waals surface area (Å²) in [6.45, 7) is 2.75. The number of carbonyl (C=O) groups excluding carboxylic acids is 3. The standard InChI is InChI=1S/C18H16N4O5S3/c1-8(23)20-18-19-6-11(30-18)10-7-29-16-14(15(25)22(16)13(10)17(26)27)21(9(2)24)12-4-3-5-28-12/h3-6,14,16H,7H2,1-2H3,(H,26,27)(H,19,20,23). The monoisotopic (exact) mass is 464 g/mol. The Balaban J connectivity index is 1.68. The molecule has 2 aromatic heterocycles. The van der Waals surface area contributed by atoms with Gasteiger partial charge in [0.05, 0.1) is 9.88 Å². The van der Waals surface area contributed by atoms with Gasteiger partial charge in [0.15, 0.2) is 5.13 Å². The average Bonchev–Trinajstić information content (AvgIpc) is 3.35. The molecule has 0 radical (unpaired) electrons. The van der Waals surface area contributed by atoms with E-state index in [2.05, 4.69) is 10.3 Å². The number of rotatable bonds is 5. The van der Waals surface area contributed by atoms with Gasteiger partial charge < -0.3 is 10.4 Å². The Morgan fingerprint density at radius 1 is 1.33 bits per heavy atom. The first-order valence-electron chi connectivity index (χ1n) is 8.77. The highest BCUT2D eigenvalue weighted by Crippen LogP contribution is 2.47. The van der Waals surface area contributed by atoms with Crippen LogP contribution in [0.2, 0.25) is 0 Å². The van der Waals surface area contributed by atoms with Gasteiger partial charge in [-0.3, -0.25) is 24.2 Å². The van der Waals surface area contributed by atoms with E-state index < -0.39 is 23.3 Å². The molecule has 0 bridgehead atoms. The quantitative estimate of drug-likeness (QED) is 0.652. The molecule has 4 heterocycles. The number of hydrogen-bond donors (Lipinski definition) is 2. The molecule has 4 rings (SSSR count). The molecule has 1 fully saturated rings. The lowest BCUT2D eigenvalue weighted by atomic mass is 10.0. The van der Waals surface area contributed by atoms with Crippen LogP contribution >= 0.6 is 34.4 Å². The number of carboxylic acid groups (broad SMARTS) is 1. The molecule has 0 aliphatic carbocycles. The third-order valence-electron chi connectivity index (χ3n) is 4.59. The number of anilines is 2. The summed E-state index contributed by atoms with van der Waals surface area (Å²) in [6.07, 6.45) is 1.49. The van der Waals surface area contributed by atoms with E-state index >= 15 is 0 Å². The Morgan fingerprint density at radius 2 is 2.10 bits per heavy atom. The second-order valence-electron chi connectivity index (χ2n) is 6.54. The summed E-state index contributed by atoms with van der Waals surface area (Å²) >= 11 is 3.90. The summed E-state index contributed by atoms with van der Waals surface area (Å²) in [5.41, 5.74) is 0.364. The molecule has 9 nitrogen and oxygen atoms in total. The van der Waals surface area contributed by atoms with Gasteiger partial charge in [0.1, 0.15) is 17.1 Å². The maximum atomic E-state index is 13.0. The van der Waals surface area contributed by atoms with E-state index in [0.717, 1.165) is 11.3 Å². The van der Waals surface area contributed by atoms with Crippen molar-refractivity contribution < 1.29 is 24.3 Å². The normalized spacial score (nSPS) is 20.5. The molecule has 156 valence electrons. The number of amides is 3. The summed E-state index contributed by atoms with van der Waals surface area (Å²) in [5, 5.41) is 14.8. The van der Waals surface area contributed by atoms with Gasteiger partial charge in [0.25, 0.3) is 5.91 Å². The van der Waals surface area contributed by atoms with Crippen LogP contribution in [0.15, 0.2) is 29.4 Å². The minimum absolute atomic E-state index is 0.104. The van der Waals surface area contributed by atoms with Gasteiger partial charge in [-0.05, 0) is 17.5 Å². The Kier molecular flexibility index (Phi) is 5.38. The molecule has 2 N–H and O–H groups in total. The maximum Gasteiger partial charge on any atom is 0.353 e. The number of thiophene rings is 1. The number of hydrogen-bond acceptors (Lipinski definition) is 8. The highest BCUT2D eigenvalue weighted by atomic mass is 32.2. The number of thiazole rings is 1. The number of aliphatic carboxylic acids is 1. The van der Waals surface area contributed by atoms with Gasteiger partial charge in [-0.25, -0.2) is 9.78 Å². The van der Waals surface area contributed by atoms with E-state index in [-0.39, 0.29) is 17.5 Å². The van der Waals surface area contributed by atoms with Crippen LogP contribution in [-0.2, 0) is 19.2 Å². The topological polar surface area (TPSA) is 120 Å². The number of nitrogens with zero attached hydrogens (tertiary/aromatic N) is 3. The predicted octanol–water partition coefficient (Wildman–Crippen LogP) is 2.30. The minimum atomic E-state index is -1.22. The average molecular weight is 465 g/mol. The summed E-state index contributed by atoms with van der Waals surface area (Å²) in [6, 6.07) is 2.80. The van der Waals surface area contributed by atoms with Crippen LogP contribution in [0.1, 0.15) is 18.7 Å². The number of fused-ring (bicyclic) bond motifs is 1. The van der Waals surface area contributed by atoms with Crippen LogP contribution in [-0.4, -0.2) is 55.8 Å². The second-order valence-corrected chi connectivity index (χ2v) is 9.60. The lowest BCUT2D eigenvalue weighted by Crippen LogP contribution is -2.71. The van der Waals surface area contributed by atoms with E-state index in [1.54, 1.807) is 12.1 Å². The summed E-state index contributed by atoms with van der Waals surface area (Å²) < 4.78 is 0. The van der Waals surface area contributed by atoms with Crippen molar-refractivity contribution in [2.75, 3.05) is 16.0 Å². The molecule has 30 heavy (non-hydrogen) atoms. The Bertz CT molecular complexity index is 1080. The maximum absolute atomic E-state index is 13.0. The molecule has 0 spiro atoms. The van der Waals surface area contributed by atoms with Crippen LogP contribution in [0.3, 0.4) is 0 Å². The minimum Gasteiger partial charge on any atom is -0.477 e. The van der Waals surface area contributed by atoms with Crippen LogP contribution in [0.4, 0.5) is 10.1 Å². The summed E-state index contributed by atoms with van der Waals surface area (Å²) in [5.74, 6) is -1.87. The largest absolute Gasteiger partial charge is 0.477 e. The van der Waals surface area contributed by atoms with Crippen LogP contribution in [0.5, 0.6) is 0 Å². The highest BCUT2D eigenvalue weighted by Gasteiger charge is 2.57. The molecule has 1 saturated heterocycles. The molecular formula is C18H16N4O5S3. The van der Waals surface area contributed by atoms with Gasteiger partial charge in [-0.2, -0.15) is 0 Å². The first kappa shape index (κ1) is 20.6. The van der Waals surface area contributed by atoms with E-state index in [1.807, 2.05) is 5.38 Å². The molecule has 2 atom stereocenters. The zero-order valence-electron chi connectivity index (χ0n) is 15.8. The third-order valence-corrected chi connectivity index (χ3v) is 7.70.